The van der Waals surface area contributed by atoms with E-state index in [2.05, 4.69) is 20.2 Å². The summed E-state index contributed by atoms with van der Waals surface area (Å²) in [5.41, 5.74) is 0.572. The van der Waals surface area contributed by atoms with Crippen molar-refractivity contribution in [2.24, 2.45) is 7.05 Å². The van der Waals surface area contributed by atoms with Crippen molar-refractivity contribution in [3.05, 3.63) is 62.9 Å². The van der Waals surface area contributed by atoms with Gasteiger partial charge < -0.3 is 14.6 Å². The van der Waals surface area contributed by atoms with Crippen LogP contribution in [-0.4, -0.2) is 49.4 Å². The fourth-order valence-electron chi connectivity index (χ4n) is 4.06. The number of anilines is 1. The SMILES string of the molecule is CCc1nnc([C@@H]2CN(c3cc4nc(C)n(C)c(=O)c4c(-c4ccc(Cl)cc4F)n3)CCO2)[nH]1. The Kier molecular flexibility index (Phi) is 5.78. The number of pyridine rings is 1. The van der Waals surface area contributed by atoms with Gasteiger partial charge in [0.25, 0.3) is 5.56 Å². The van der Waals surface area contributed by atoms with E-state index in [4.69, 9.17) is 21.3 Å². The highest BCUT2D eigenvalue weighted by atomic mass is 35.5. The Morgan fingerprint density at radius 3 is 2.82 bits per heavy atom. The molecule has 0 saturated carbocycles. The number of aromatic amines is 1. The fraction of sp³-hybridized carbons (Fsp3) is 0.348. The van der Waals surface area contributed by atoms with Crippen LogP contribution in [0.4, 0.5) is 10.2 Å². The first-order valence-corrected chi connectivity index (χ1v) is 11.3. The molecule has 4 heterocycles. The molecule has 0 spiro atoms. The van der Waals surface area contributed by atoms with E-state index in [0.29, 0.717) is 42.7 Å². The maximum absolute atomic E-state index is 15.0. The maximum Gasteiger partial charge on any atom is 0.263 e. The molecule has 34 heavy (non-hydrogen) atoms. The number of aromatic nitrogens is 6. The highest BCUT2D eigenvalue weighted by Crippen LogP contribution is 2.32. The predicted molar refractivity (Wildman–Crippen MR) is 127 cm³/mol. The number of aryl methyl sites for hydroxylation is 2. The summed E-state index contributed by atoms with van der Waals surface area (Å²) >= 11 is 5.96. The van der Waals surface area contributed by atoms with Crippen molar-refractivity contribution < 1.29 is 9.13 Å². The molecule has 1 aliphatic rings. The Hall–Kier alpha value is -3.37. The number of fused-ring (bicyclic) bond motifs is 1. The molecule has 11 heteroatoms. The van der Waals surface area contributed by atoms with Gasteiger partial charge in [0.1, 0.15) is 29.4 Å². The lowest BCUT2D eigenvalue weighted by atomic mass is 10.1. The third kappa shape index (κ3) is 3.92. The van der Waals surface area contributed by atoms with Gasteiger partial charge in [-0.3, -0.25) is 9.36 Å². The molecule has 9 nitrogen and oxygen atoms in total. The molecule has 3 aromatic heterocycles. The van der Waals surface area contributed by atoms with Crippen LogP contribution in [-0.2, 0) is 18.2 Å². The molecular formula is C23H23ClFN7O2. The Bertz CT molecular complexity index is 1450. The zero-order chi connectivity index (χ0) is 24.0. The minimum atomic E-state index is -0.560. The predicted octanol–water partition coefficient (Wildman–Crippen LogP) is 3.35. The van der Waals surface area contributed by atoms with Gasteiger partial charge >= 0.3 is 0 Å². The quantitative estimate of drug-likeness (QED) is 0.475. The third-order valence-corrected chi connectivity index (χ3v) is 6.27. The number of ether oxygens (including phenoxy) is 1. The first kappa shape index (κ1) is 22.4. The van der Waals surface area contributed by atoms with Crippen molar-refractivity contribution in [1.29, 1.82) is 0 Å². The molecule has 0 unspecified atom stereocenters. The van der Waals surface area contributed by atoms with Crippen molar-refractivity contribution >= 4 is 28.3 Å². The lowest BCUT2D eigenvalue weighted by molar-refractivity contribution is 0.0340. The van der Waals surface area contributed by atoms with Crippen molar-refractivity contribution in [3.8, 4) is 11.3 Å². The summed E-state index contributed by atoms with van der Waals surface area (Å²) in [7, 11) is 1.63. The molecule has 1 N–H and O–H groups in total. The normalized spacial score (nSPS) is 16.4. The Balaban J connectivity index is 1.64. The van der Waals surface area contributed by atoms with Crippen LogP contribution in [0.1, 0.15) is 30.5 Å². The van der Waals surface area contributed by atoms with Gasteiger partial charge in [-0.25, -0.2) is 14.4 Å². The first-order chi connectivity index (χ1) is 16.4. The van der Waals surface area contributed by atoms with E-state index in [1.807, 2.05) is 11.8 Å². The maximum atomic E-state index is 15.0. The van der Waals surface area contributed by atoms with Crippen LogP contribution in [0.5, 0.6) is 0 Å². The second kappa shape index (κ2) is 8.77. The second-order valence-corrected chi connectivity index (χ2v) is 8.62. The van der Waals surface area contributed by atoms with Crippen LogP contribution in [0.25, 0.3) is 22.2 Å². The van der Waals surface area contributed by atoms with Crippen molar-refractivity contribution in [2.75, 3.05) is 24.6 Å². The standard InChI is InChI=1S/C23H23ClFN7O2/c1-4-18-27-22(30-29-18)17-11-32(7-8-34-17)19-10-16-20(23(33)31(3)12(2)26-16)21(28-19)14-6-5-13(24)9-15(14)25/h5-6,9-10,17H,4,7-8,11H2,1-3H3,(H,27,29,30)/t17-/m0/s1. The van der Waals surface area contributed by atoms with Crippen LogP contribution in [0.15, 0.2) is 29.1 Å². The number of benzene rings is 1. The van der Waals surface area contributed by atoms with E-state index in [-0.39, 0.29) is 33.3 Å². The lowest BCUT2D eigenvalue weighted by Gasteiger charge is -2.33. The van der Waals surface area contributed by atoms with Gasteiger partial charge in [0.05, 0.1) is 29.7 Å². The number of hydrogen-bond acceptors (Lipinski definition) is 7. The molecule has 176 valence electrons. The Labute approximate surface area is 199 Å². The number of rotatable bonds is 4. The van der Waals surface area contributed by atoms with Gasteiger partial charge in [-0.15, -0.1) is 10.2 Å². The molecule has 4 aromatic rings. The van der Waals surface area contributed by atoms with Gasteiger partial charge in [-0.2, -0.15) is 0 Å². The van der Waals surface area contributed by atoms with Gasteiger partial charge in [0.15, 0.2) is 5.82 Å². The van der Waals surface area contributed by atoms with Crippen LogP contribution in [0.3, 0.4) is 0 Å². The van der Waals surface area contributed by atoms with Crippen molar-refractivity contribution in [2.45, 2.75) is 26.4 Å². The number of H-pyrrole nitrogens is 1. The molecule has 0 aliphatic carbocycles. The van der Waals surface area contributed by atoms with E-state index >= 15 is 0 Å². The number of nitrogens with zero attached hydrogens (tertiary/aromatic N) is 6. The molecule has 1 fully saturated rings. The summed E-state index contributed by atoms with van der Waals surface area (Å²) in [6, 6.07) is 6.09. The van der Waals surface area contributed by atoms with E-state index < -0.39 is 5.82 Å². The number of halogens is 2. The molecule has 0 bridgehead atoms. The molecule has 1 aliphatic heterocycles. The average Bonchev–Trinajstić information content (AvgIpc) is 3.31. The fourth-order valence-corrected chi connectivity index (χ4v) is 4.22. The number of morpholine rings is 1. The van der Waals surface area contributed by atoms with E-state index in [1.54, 1.807) is 26.1 Å². The number of hydrogen-bond donors (Lipinski definition) is 1. The zero-order valence-electron chi connectivity index (χ0n) is 19.0. The molecular weight excluding hydrogens is 461 g/mol. The zero-order valence-corrected chi connectivity index (χ0v) is 19.7. The summed E-state index contributed by atoms with van der Waals surface area (Å²) in [6.45, 7) is 5.22. The Morgan fingerprint density at radius 2 is 2.09 bits per heavy atom. The molecule has 1 saturated heterocycles. The summed E-state index contributed by atoms with van der Waals surface area (Å²) < 4.78 is 22.3. The van der Waals surface area contributed by atoms with Crippen LogP contribution in [0.2, 0.25) is 5.02 Å². The van der Waals surface area contributed by atoms with Crippen LogP contribution < -0.4 is 10.5 Å². The molecule has 0 amide bonds. The smallest absolute Gasteiger partial charge is 0.263 e. The van der Waals surface area contributed by atoms with Crippen molar-refractivity contribution in [3.63, 3.8) is 0 Å². The van der Waals surface area contributed by atoms with Crippen LogP contribution in [0, 0.1) is 12.7 Å². The molecule has 0 radical (unpaired) electrons. The minimum Gasteiger partial charge on any atom is -0.367 e. The molecule has 1 aromatic carbocycles. The molecule has 1 atom stereocenters. The average molecular weight is 484 g/mol. The highest BCUT2D eigenvalue weighted by Gasteiger charge is 2.27. The topological polar surface area (TPSA) is 102 Å². The van der Waals surface area contributed by atoms with Crippen molar-refractivity contribution in [1.82, 2.24) is 29.7 Å². The highest BCUT2D eigenvalue weighted by molar-refractivity contribution is 6.30. The number of nitrogens with one attached hydrogen (secondary N) is 1. The van der Waals surface area contributed by atoms with E-state index in [0.717, 1.165) is 12.2 Å². The summed E-state index contributed by atoms with van der Waals surface area (Å²) in [5, 5.41) is 8.86. The van der Waals surface area contributed by atoms with Gasteiger partial charge in [-0.1, -0.05) is 18.5 Å². The van der Waals surface area contributed by atoms with Gasteiger partial charge in [-0.05, 0) is 25.1 Å². The van der Waals surface area contributed by atoms with Crippen LogP contribution >= 0.6 is 11.6 Å². The third-order valence-electron chi connectivity index (χ3n) is 6.04. The van der Waals surface area contributed by atoms with Gasteiger partial charge in [0.2, 0.25) is 0 Å². The van der Waals surface area contributed by atoms with E-state index in [1.165, 1.54) is 16.7 Å². The second-order valence-electron chi connectivity index (χ2n) is 8.19. The monoisotopic (exact) mass is 483 g/mol. The first-order valence-electron chi connectivity index (χ1n) is 11.0. The lowest BCUT2D eigenvalue weighted by Crippen LogP contribution is -2.39. The molecule has 5 rings (SSSR count). The largest absolute Gasteiger partial charge is 0.367 e. The Morgan fingerprint density at radius 1 is 1.26 bits per heavy atom. The van der Waals surface area contributed by atoms with E-state index in [9.17, 15) is 9.18 Å². The summed E-state index contributed by atoms with van der Waals surface area (Å²) in [6.07, 6.45) is 0.416. The van der Waals surface area contributed by atoms with Gasteiger partial charge in [0, 0.05) is 36.7 Å². The summed E-state index contributed by atoms with van der Waals surface area (Å²) in [4.78, 5) is 27.7. The summed E-state index contributed by atoms with van der Waals surface area (Å²) in [5.74, 6) is 1.99. The minimum absolute atomic E-state index is 0.187.